The quantitative estimate of drug-likeness (QED) is 0.901. The van der Waals surface area contributed by atoms with Gasteiger partial charge in [-0.25, -0.2) is 13.1 Å². The molecule has 0 unspecified atom stereocenters. The van der Waals surface area contributed by atoms with E-state index in [-0.39, 0.29) is 16.3 Å². The van der Waals surface area contributed by atoms with Gasteiger partial charge in [-0.1, -0.05) is 5.16 Å². The van der Waals surface area contributed by atoms with Crippen LogP contribution in [0.5, 0.6) is 0 Å². The van der Waals surface area contributed by atoms with Crippen molar-refractivity contribution in [2.24, 2.45) is 0 Å². The Kier molecular flexibility index (Phi) is 3.79. The fraction of sp³-hybridized carbons (Fsp3) is 0.200. The van der Waals surface area contributed by atoms with E-state index in [2.05, 4.69) is 21.1 Å². The number of hydrogen-bond donors (Lipinski definition) is 1. The second-order valence-corrected chi connectivity index (χ2v) is 7.77. The molecule has 0 fully saturated rings. The van der Waals surface area contributed by atoms with Crippen LogP contribution in [-0.4, -0.2) is 19.5 Å². The summed E-state index contributed by atoms with van der Waals surface area (Å²) in [5.41, 5.74) is 0.213. The number of halogens is 1. The minimum Gasteiger partial charge on any atom is -0.360 e. The first-order valence-electron chi connectivity index (χ1n) is 5.06. The van der Waals surface area contributed by atoms with Crippen LogP contribution >= 0.6 is 27.3 Å². The van der Waals surface area contributed by atoms with Crippen molar-refractivity contribution in [2.45, 2.75) is 18.7 Å². The van der Waals surface area contributed by atoms with Crippen LogP contribution in [0.4, 0.5) is 0 Å². The van der Waals surface area contributed by atoms with Crippen LogP contribution < -0.4 is 4.72 Å². The predicted octanol–water partition coefficient (Wildman–Crippen LogP) is 2.23. The number of carbonyl (C=O) groups excluding carboxylic acids is 1. The topological polar surface area (TPSA) is 89.3 Å². The fourth-order valence-corrected chi connectivity index (χ4v) is 4.16. The Bertz CT molecular complexity index is 713. The van der Waals surface area contributed by atoms with E-state index in [1.54, 1.807) is 6.07 Å². The minimum atomic E-state index is -3.98. The van der Waals surface area contributed by atoms with E-state index < -0.39 is 15.9 Å². The minimum absolute atomic E-state index is 0.100. The van der Waals surface area contributed by atoms with Crippen molar-refractivity contribution in [3.05, 3.63) is 32.3 Å². The van der Waals surface area contributed by atoms with E-state index in [0.717, 1.165) is 15.1 Å². The van der Waals surface area contributed by atoms with Gasteiger partial charge in [0.1, 0.15) is 5.69 Å². The Morgan fingerprint density at radius 1 is 1.42 bits per heavy atom. The molecule has 0 aliphatic rings. The summed E-state index contributed by atoms with van der Waals surface area (Å²) < 4.78 is 31.7. The second kappa shape index (κ2) is 5.06. The molecule has 0 aliphatic carbocycles. The van der Waals surface area contributed by atoms with Crippen LogP contribution in [0.3, 0.4) is 0 Å². The van der Waals surface area contributed by atoms with E-state index in [1.807, 2.05) is 4.72 Å². The van der Waals surface area contributed by atoms with Crippen molar-refractivity contribution in [3.8, 4) is 0 Å². The average molecular weight is 365 g/mol. The standard InChI is InChI=1S/C10H9BrN2O4S2/c1-5-9(6(2)17-12-5)19(15,16)13-10(14)7-3-4-8(11)18-7/h3-4H,1-2H3,(H,13,14). The molecule has 0 saturated carbocycles. The van der Waals surface area contributed by atoms with E-state index >= 15 is 0 Å². The van der Waals surface area contributed by atoms with Gasteiger partial charge in [-0.15, -0.1) is 11.3 Å². The Hall–Kier alpha value is -1.19. The van der Waals surface area contributed by atoms with Gasteiger partial charge in [0.05, 0.1) is 8.66 Å². The van der Waals surface area contributed by atoms with Gasteiger partial charge in [0.2, 0.25) is 0 Å². The highest BCUT2D eigenvalue weighted by molar-refractivity contribution is 9.11. The SMILES string of the molecule is Cc1noc(C)c1S(=O)(=O)NC(=O)c1ccc(Br)s1. The third-order valence-corrected chi connectivity index (χ3v) is 5.46. The van der Waals surface area contributed by atoms with Crippen molar-refractivity contribution < 1.29 is 17.7 Å². The molecule has 2 aromatic heterocycles. The average Bonchev–Trinajstić information content (AvgIpc) is 2.85. The molecule has 0 aromatic carbocycles. The van der Waals surface area contributed by atoms with Crippen LogP contribution in [-0.2, 0) is 10.0 Å². The van der Waals surface area contributed by atoms with E-state index in [1.165, 1.54) is 19.9 Å². The van der Waals surface area contributed by atoms with Gasteiger partial charge >= 0.3 is 0 Å². The highest BCUT2D eigenvalue weighted by Crippen LogP contribution is 2.23. The first-order valence-corrected chi connectivity index (χ1v) is 8.16. The van der Waals surface area contributed by atoms with E-state index in [9.17, 15) is 13.2 Å². The number of nitrogens with one attached hydrogen (secondary N) is 1. The van der Waals surface area contributed by atoms with Crippen LogP contribution in [0.25, 0.3) is 0 Å². The summed E-state index contributed by atoms with van der Waals surface area (Å²) in [6.45, 7) is 2.97. The van der Waals surface area contributed by atoms with Crippen LogP contribution in [0.2, 0.25) is 0 Å². The third-order valence-electron chi connectivity index (χ3n) is 2.26. The number of aromatic nitrogens is 1. The lowest BCUT2D eigenvalue weighted by atomic mass is 10.4. The highest BCUT2D eigenvalue weighted by atomic mass is 79.9. The molecule has 0 atom stereocenters. The molecule has 102 valence electrons. The molecule has 0 saturated heterocycles. The van der Waals surface area contributed by atoms with Gasteiger partial charge in [0.15, 0.2) is 10.7 Å². The maximum atomic E-state index is 12.1. The number of thiophene rings is 1. The lowest BCUT2D eigenvalue weighted by Gasteiger charge is -2.04. The van der Waals surface area contributed by atoms with Gasteiger partial charge < -0.3 is 4.52 Å². The smallest absolute Gasteiger partial charge is 0.275 e. The third kappa shape index (κ3) is 2.88. The molecule has 6 nitrogen and oxygen atoms in total. The number of sulfonamides is 1. The summed E-state index contributed by atoms with van der Waals surface area (Å²) in [7, 11) is -3.98. The Labute approximate surface area is 122 Å². The lowest BCUT2D eigenvalue weighted by Crippen LogP contribution is -2.30. The number of aryl methyl sites for hydroxylation is 2. The molecule has 19 heavy (non-hydrogen) atoms. The zero-order valence-corrected chi connectivity index (χ0v) is 13.1. The summed E-state index contributed by atoms with van der Waals surface area (Å²) in [5.74, 6) is -0.541. The highest BCUT2D eigenvalue weighted by Gasteiger charge is 2.26. The normalized spacial score (nSPS) is 11.5. The molecule has 0 spiro atoms. The van der Waals surface area contributed by atoms with Crippen LogP contribution in [0.15, 0.2) is 25.3 Å². The van der Waals surface area contributed by atoms with Crippen LogP contribution in [0, 0.1) is 13.8 Å². The maximum Gasteiger partial charge on any atom is 0.275 e. The maximum absolute atomic E-state index is 12.1. The Balaban J connectivity index is 2.30. The number of carbonyl (C=O) groups is 1. The number of rotatable bonds is 3. The number of amides is 1. The van der Waals surface area contributed by atoms with Gasteiger partial charge in [0, 0.05) is 0 Å². The molecule has 2 aromatic rings. The van der Waals surface area contributed by atoms with Crippen molar-refractivity contribution in [1.82, 2.24) is 9.88 Å². The lowest BCUT2D eigenvalue weighted by molar-refractivity contribution is 0.0985. The molecule has 2 heterocycles. The van der Waals surface area contributed by atoms with Crippen molar-refractivity contribution >= 4 is 43.2 Å². The summed E-state index contributed by atoms with van der Waals surface area (Å²) in [5, 5.41) is 3.56. The summed E-state index contributed by atoms with van der Waals surface area (Å²) >= 11 is 4.35. The summed E-state index contributed by atoms with van der Waals surface area (Å²) in [6.07, 6.45) is 0. The fourth-order valence-electron chi connectivity index (χ4n) is 1.52. The van der Waals surface area contributed by atoms with Crippen molar-refractivity contribution in [3.63, 3.8) is 0 Å². The van der Waals surface area contributed by atoms with E-state index in [0.29, 0.717) is 4.88 Å². The molecule has 0 bridgehead atoms. The Morgan fingerprint density at radius 2 is 2.11 bits per heavy atom. The predicted molar refractivity (Wildman–Crippen MR) is 72.6 cm³/mol. The number of hydrogen-bond acceptors (Lipinski definition) is 6. The summed E-state index contributed by atoms with van der Waals surface area (Å²) in [6, 6.07) is 3.20. The van der Waals surface area contributed by atoms with E-state index in [4.69, 9.17) is 4.52 Å². The van der Waals surface area contributed by atoms with Gasteiger partial charge in [0.25, 0.3) is 15.9 Å². The van der Waals surface area contributed by atoms with Gasteiger partial charge in [-0.3, -0.25) is 4.79 Å². The zero-order chi connectivity index (χ0) is 14.2. The van der Waals surface area contributed by atoms with Gasteiger partial charge in [-0.2, -0.15) is 0 Å². The monoisotopic (exact) mass is 364 g/mol. The van der Waals surface area contributed by atoms with Crippen molar-refractivity contribution in [2.75, 3.05) is 0 Å². The molecule has 1 amide bonds. The molecule has 0 aliphatic heterocycles. The first-order chi connectivity index (χ1) is 8.81. The molecule has 0 radical (unpaired) electrons. The largest absolute Gasteiger partial charge is 0.360 e. The molecule has 2 rings (SSSR count). The summed E-state index contributed by atoms with van der Waals surface area (Å²) in [4.78, 5) is 12.0. The molecular weight excluding hydrogens is 356 g/mol. The van der Waals surface area contributed by atoms with Crippen LogP contribution in [0.1, 0.15) is 21.1 Å². The molecule has 9 heteroatoms. The Morgan fingerprint density at radius 3 is 2.58 bits per heavy atom. The first kappa shape index (κ1) is 14.2. The molecular formula is C10H9BrN2O4S2. The number of nitrogens with zero attached hydrogens (tertiary/aromatic N) is 1. The van der Waals surface area contributed by atoms with Gasteiger partial charge in [-0.05, 0) is 41.9 Å². The van der Waals surface area contributed by atoms with Crippen molar-refractivity contribution in [1.29, 1.82) is 0 Å². The molecule has 1 N–H and O–H groups in total. The second-order valence-electron chi connectivity index (χ2n) is 3.69. The zero-order valence-electron chi connectivity index (χ0n) is 9.93.